The first-order valence-electron chi connectivity index (χ1n) is 10.4. The number of likely N-dealkylation sites (tertiary alicyclic amines) is 1. The van der Waals surface area contributed by atoms with Crippen molar-refractivity contribution in [2.24, 2.45) is 0 Å². The van der Waals surface area contributed by atoms with Gasteiger partial charge in [0.15, 0.2) is 11.5 Å². The van der Waals surface area contributed by atoms with Gasteiger partial charge >= 0.3 is 0 Å². The Morgan fingerprint density at radius 1 is 1.16 bits per heavy atom. The summed E-state index contributed by atoms with van der Waals surface area (Å²) in [5.41, 5.74) is 2.81. The number of rotatable bonds is 4. The highest BCUT2D eigenvalue weighted by molar-refractivity contribution is 5.95. The predicted molar refractivity (Wildman–Crippen MR) is 114 cm³/mol. The van der Waals surface area contributed by atoms with Crippen LogP contribution < -0.4 is 15.0 Å². The molecule has 7 heteroatoms. The van der Waals surface area contributed by atoms with Crippen LogP contribution in [0.2, 0.25) is 0 Å². The number of aryl methyl sites for hydroxylation is 1. The quantitative estimate of drug-likeness (QED) is 0.704. The molecule has 1 saturated heterocycles. The van der Waals surface area contributed by atoms with Crippen LogP contribution in [0.5, 0.6) is 11.5 Å². The Labute approximate surface area is 179 Å². The van der Waals surface area contributed by atoms with Gasteiger partial charge in [-0.1, -0.05) is 30.3 Å². The second-order valence-electron chi connectivity index (χ2n) is 7.90. The van der Waals surface area contributed by atoms with Gasteiger partial charge in [0, 0.05) is 29.8 Å². The molecular weight excluding hydrogens is 394 g/mol. The lowest BCUT2D eigenvalue weighted by molar-refractivity contribution is 0.0729. The van der Waals surface area contributed by atoms with Gasteiger partial charge in [-0.2, -0.15) is 0 Å². The standard InChI is InChI=1S/C24H23N3O4/c1-15-18(12-16-6-3-2-4-7-16)23(28)26-22(25-15)19-8-5-11-27(19)24(29)17-9-10-20-21(13-17)31-14-30-20/h2-4,6-7,9-10,13,19H,5,8,11-12,14H2,1H3,(H,25,26,28). The Kier molecular flexibility index (Phi) is 4.94. The number of benzene rings is 2. The molecule has 2 aromatic carbocycles. The maximum absolute atomic E-state index is 13.2. The third-order valence-corrected chi connectivity index (χ3v) is 5.91. The molecule has 0 radical (unpaired) electrons. The fraction of sp³-hybridized carbons (Fsp3) is 0.292. The molecule has 158 valence electrons. The van der Waals surface area contributed by atoms with E-state index in [1.54, 1.807) is 23.1 Å². The van der Waals surface area contributed by atoms with Gasteiger partial charge in [-0.25, -0.2) is 4.98 Å². The topological polar surface area (TPSA) is 84.5 Å². The van der Waals surface area contributed by atoms with E-state index >= 15 is 0 Å². The van der Waals surface area contributed by atoms with Crippen molar-refractivity contribution in [3.05, 3.63) is 87.1 Å². The molecule has 3 heterocycles. The smallest absolute Gasteiger partial charge is 0.254 e. The second kappa shape index (κ2) is 7.91. The Morgan fingerprint density at radius 3 is 2.77 bits per heavy atom. The normalized spacial score (nSPS) is 17.2. The average molecular weight is 417 g/mol. The number of aromatic amines is 1. The SMILES string of the molecule is Cc1nc(C2CCCN2C(=O)c2ccc3c(c2)OCO3)[nH]c(=O)c1Cc1ccccc1. The zero-order chi connectivity index (χ0) is 21.4. The molecule has 5 rings (SSSR count). The van der Waals surface area contributed by atoms with E-state index in [-0.39, 0.29) is 24.3 Å². The summed E-state index contributed by atoms with van der Waals surface area (Å²) >= 11 is 0. The molecule has 1 fully saturated rings. The van der Waals surface area contributed by atoms with E-state index in [9.17, 15) is 9.59 Å². The van der Waals surface area contributed by atoms with Gasteiger partial charge in [0.1, 0.15) is 5.82 Å². The first-order valence-corrected chi connectivity index (χ1v) is 10.4. The van der Waals surface area contributed by atoms with Gasteiger partial charge in [-0.05, 0) is 43.5 Å². The van der Waals surface area contributed by atoms with Gasteiger partial charge in [0.25, 0.3) is 11.5 Å². The summed E-state index contributed by atoms with van der Waals surface area (Å²) in [6, 6.07) is 14.8. The Hall–Kier alpha value is -3.61. The molecule has 7 nitrogen and oxygen atoms in total. The molecule has 1 amide bonds. The minimum absolute atomic E-state index is 0.102. The zero-order valence-corrected chi connectivity index (χ0v) is 17.3. The number of hydrogen-bond acceptors (Lipinski definition) is 5. The van der Waals surface area contributed by atoms with E-state index < -0.39 is 0 Å². The summed E-state index contributed by atoms with van der Waals surface area (Å²) in [7, 11) is 0. The van der Waals surface area contributed by atoms with E-state index in [1.807, 2.05) is 37.3 Å². The van der Waals surface area contributed by atoms with Crippen LogP contribution >= 0.6 is 0 Å². The summed E-state index contributed by atoms with van der Waals surface area (Å²) in [6.07, 6.45) is 2.14. The first-order chi connectivity index (χ1) is 15.1. The monoisotopic (exact) mass is 417 g/mol. The van der Waals surface area contributed by atoms with Crippen LogP contribution in [-0.2, 0) is 6.42 Å². The molecule has 1 N–H and O–H groups in total. The fourth-order valence-electron chi connectivity index (χ4n) is 4.29. The van der Waals surface area contributed by atoms with E-state index in [1.165, 1.54) is 0 Å². The largest absolute Gasteiger partial charge is 0.454 e. The van der Waals surface area contributed by atoms with Crippen LogP contribution in [-0.4, -0.2) is 34.1 Å². The van der Waals surface area contributed by atoms with Gasteiger partial charge in [0.05, 0.1) is 6.04 Å². The fourth-order valence-corrected chi connectivity index (χ4v) is 4.29. The number of nitrogens with zero attached hydrogens (tertiary/aromatic N) is 2. The number of carbonyl (C=O) groups is 1. The van der Waals surface area contributed by atoms with Crippen molar-refractivity contribution in [2.45, 2.75) is 32.2 Å². The summed E-state index contributed by atoms with van der Waals surface area (Å²) in [6.45, 7) is 2.64. The molecule has 3 aromatic rings. The number of hydrogen-bond donors (Lipinski definition) is 1. The number of fused-ring (bicyclic) bond motifs is 1. The lowest BCUT2D eigenvalue weighted by Gasteiger charge is -2.24. The van der Waals surface area contributed by atoms with Gasteiger partial charge < -0.3 is 19.4 Å². The highest BCUT2D eigenvalue weighted by Crippen LogP contribution is 2.35. The molecular formula is C24H23N3O4. The van der Waals surface area contributed by atoms with Crippen molar-refractivity contribution in [1.29, 1.82) is 0 Å². The molecule has 2 aliphatic heterocycles. The second-order valence-corrected chi connectivity index (χ2v) is 7.90. The number of ether oxygens (including phenoxy) is 2. The maximum atomic E-state index is 13.2. The van der Waals surface area contributed by atoms with Crippen molar-refractivity contribution >= 4 is 5.91 Å². The van der Waals surface area contributed by atoms with Crippen LogP contribution in [0.3, 0.4) is 0 Å². The molecule has 0 aliphatic carbocycles. The molecule has 1 unspecified atom stereocenters. The third kappa shape index (κ3) is 3.67. The van der Waals surface area contributed by atoms with E-state index in [2.05, 4.69) is 4.98 Å². The van der Waals surface area contributed by atoms with E-state index in [0.29, 0.717) is 47.1 Å². The first kappa shape index (κ1) is 19.4. The van der Waals surface area contributed by atoms with Crippen LogP contribution in [0.15, 0.2) is 53.3 Å². The number of amides is 1. The van der Waals surface area contributed by atoms with Gasteiger partial charge in [-0.3, -0.25) is 9.59 Å². The van der Waals surface area contributed by atoms with Gasteiger partial charge in [0.2, 0.25) is 6.79 Å². The number of H-pyrrole nitrogens is 1. The Bertz CT molecular complexity index is 1190. The minimum atomic E-state index is -0.255. The molecule has 1 aromatic heterocycles. The summed E-state index contributed by atoms with van der Waals surface area (Å²) in [5, 5.41) is 0. The average Bonchev–Trinajstić information content (AvgIpc) is 3.45. The predicted octanol–water partition coefficient (Wildman–Crippen LogP) is 3.38. The van der Waals surface area contributed by atoms with Crippen LogP contribution in [0.4, 0.5) is 0 Å². The third-order valence-electron chi connectivity index (χ3n) is 5.91. The molecule has 31 heavy (non-hydrogen) atoms. The van der Waals surface area contributed by atoms with Crippen LogP contribution in [0.1, 0.15) is 51.9 Å². The van der Waals surface area contributed by atoms with Crippen LogP contribution in [0.25, 0.3) is 0 Å². The number of carbonyl (C=O) groups excluding carboxylic acids is 1. The molecule has 1 atom stereocenters. The number of aromatic nitrogens is 2. The van der Waals surface area contributed by atoms with Crippen molar-refractivity contribution < 1.29 is 14.3 Å². The molecule has 0 spiro atoms. The van der Waals surface area contributed by atoms with Crippen molar-refractivity contribution in [3.8, 4) is 11.5 Å². The van der Waals surface area contributed by atoms with Crippen molar-refractivity contribution in [1.82, 2.24) is 14.9 Å². The highest BCUT2D eigenvalue weighted by Gasteiger charge is 2.33. The summed E-state index contributed by atoms with van der Waals surface area (Å²) < 4.78 is 10.7. The molecule has 0 bridgehead atoms. The summed E-state index contributed by atoms with van der Waals surface area (Å²) in [5.74, 6) is 1.67. The van der Waals surface area contributed by atoms with E-state index in [4.69, 9.17) is 14.5 Å². The maximum Gasteiger partial charge on any atom is 0.254 e. The van der Waals surface area contributed by atoms with Crippen molar-refractivity contribution in [3.63, 3.8) is 0 Å². The Morgan fingerprint density at radius 2 is 1.97 bits per heavy atom. The van der Waals surface area contributed by atoms with E-state index in [0.717, 1.165) is 18.4 Å². The number of nitrogens with one attached hydrogen (secondary N) is 1. The van der Waals surface area contributed by atoms with Crippen molar-refractivity contribution in [2.75, 3.05) is 13.3 Å². The summed E-state index contributed by atoms with van der Waals surface area (Å²) in [4.78, 5) is 35.5. The van der Waals surface area contributed by atoms with Gasteiger partial charge in [-0.15, -0.1) is 0 Å². The highest BCUT2D eigenvalue weighted by atomic mass is 16.7. The van der Waals surface area contributed by atoms with Crippen LogP contribution in [0, 0.1) is 6.92 Å². The molecule has 0 saturated carbocycles. The molecule has 2 aliphatic rings. The lowest BCUT2D eigenvalue weighted by Crippen LogP contribution is -2.33. The Balaban J connectivity index is 1.41. The minimum Gasteiger partial charge on any atom is -0.454 e. The lowest BCUT2D eigenvalue weighted by atomic mass is 10.0. The zero-order valence-electron chi connectivity index (χ0n) is 17.3.